The lowest BCUT2D eigenvalue weighted by Gasteiger charge is -1.94. The molecule has 0 saturated heterocycles. The van der Waals surface area contributed by atoms with E-state index < -0.39 is 0 Å². The van der Waals surface area contributed by atoms with Gasteiger partial charge in [-0.3, -0.25) is 0 Å². The molecule has 108 heavy (non-hydrogen) atoms. The summed E-state index contributed by atoms with van der Waals surface area (Å²) in [5, 5.41) is 1.53. The third kappa shape index (κ3) is 36.2. The molecule has 4 heteroatoms. The molecule has 0 aliphatic heterocycles. The van der Waals surface area contributed by atoms with E-state index in [1.807, 2.05) is 121 Å². The monoisotopic (exact) mass is 1510 g/mol. The van der Waals surface area contributed by atoms with E-state index in [0.717, 1.165) is 59.0 Å². The number of benzene rings is 9. The highest BCUT2D eigenvalue weighted by molar-refractivity contribution is 9.10. The molecule has 0 heterocycles. The summed E-state index contributed by atoms with van der Waals surface area (Å²) in [5.74, 6) is 63.6. The van der Waals surface area contributed by atoms with Crippen LogP contribution in [0.5, 0.6) is 0 Å². The average Bonchev–Trinajstić information content (AvgIpc) is 1.88. The van der Waals surface area contributed by atoms with Gasteiger partial charge in [-0.05, 0) is 270 Å². The Morgan fingerprint density at radius 2 is 0.565 bits per heavy atom. The molecule has 18 rings (SSSR count). The van der Waals surface area contributed by atoms with Gasteiger partial charge in [0.25, 0.3) is 0 Å². The first-order chi connectivity index (χ1) is 52.8. The lowest BCUT2D eigenvalue weighted by molar-refractivity contribution is 1.18. The number of hydrogen-bond donors (Lipinski definition) is 0. The first kappa shape index (κ1) is 80.1. The van der Waals surface area contributed by atoms with Crippen molar-refractivity contribution in [2.24, 2.45) is 53.3 Å². The maximum atomic E-state index is 6.78. The Balaban J connectivity index is 0.000000130. The van der Waals surface area contributed by atoms with Gasteiger partial charge in [-0.2, -0.15) is 0 Å². The van der Waals surface area contributed by atoms with Gasteiger partial charge in [0, 0.05) is 113 Å². The predicted molar refractivity (Wildman–Crippen MR) is 457 cm³/mol. The molecule has 0 N–H and O–H groups in total. The van der Waals surface area contributed by atoms with Gasteiger partial charge >= 0.3 is 0 Å². The Morgan fingerprint density at radius 3 is 0.917 bits per heavy atom. The van der Waals surface area contributed by atoms with E-state index >= 15 is 0 Å². The van der Waals surface area contributed by atoms with Gasteiger partial charge < -0.3 is 0 Å². The molecular weight excluding hydrogens is 1410 g/mol. The topological polar surface area (TPSA) is 4.36 Å². The minimum atomic E-state index is 0.639. The van der Waals surface area contributed by atoms with E-state index in [2.05, 4.69) is 258 Å². The average molecular weight is 1510 g/mol. The Labute approximate surface area is 665 Å². The van der Waals surface area contributed by atoms with Crippen LogP contribution in [-0.4, -0.2) is 0 Å². The Bertz CT molecular complexity index is 4670. The van der Waals surface area contributed by atoms with Crippen LogP contribution in [0.1, 0.15) is 188 Å². The zero-order valence-electron chi connectivity index (χ0n) is 62.9. The Morgan fingerprint density at radius 1 is 0.278 bits per heavy atom. The normalized spacial score (nSPS) is 15.0. The van der Waals surface area contributed by atoms with Crippen LogP contribution in [0.25, 0.3) is 4.85 Å². The van der Waals surface area contributed by atoms with Crippen LogP contribution >= 0.6 is 39.1 Å². The molecule has 9 aliphatic carbocycles. The summed E-state index contributed by atoms with van der Waals surface area (Å²) >= 11 is 15.1. The summed E-state index contributed by atoms with van der Waals surface area (Å²) in [5.41, 5.74) is 15.8. The molecule has 0 spiro atoms. The van der Waals surface area contributed by atoms with Crippen LogP contribution in [0.2, 0.25) is 10.0 Å². The molecule has 0 aromatic heterocycles. The smallest absolute Gasteiger partial charge is 0.187 e. The van der Waals surface area contributed by atoms with Gasteiger partial charge in [0.2, 0.25) is 0 Å². The van der Waals surface area contributed by atoms with Gasteiger partial charge in [0.15, 0.2) is 5.69 Å². The third-order valence-corrected chi connectivity index (χ3v) is 18.7. The van der Waals surface area contributed by atoms with Crippen molar-refractivity contribution in [1.29, 1.82) is 0 Å². The first-order valence-electron chi connectivity index (χ1n) is 38.5. The Kier molecular flexibility index (Phi) is 32.6. The number of nitrogens with zero attached hydrogens (tertiary/aromatic N) is 1. The lowest BCUT2D eigenvalue weighted by Crippen LogP contribution is -1.79. The van der Waals surface area contributed by atoms with Gasteiger partial charge in [-0.15, -0.1) is 0 Å². The maximum absolute atomic E-state index is 6.78. The predicted octanol–water partition coefficient (Wildman–Crippen LogP) is 25.9. The second-order valence-corrected chi connectivity index (χ2v) is 30.6. The molecule has 9 aromatic carbocycles. The highest BCUT2D eigenvalue weighted by atomic mass is 79.9. The minimum absolute atomic E-state index is 0.639. The molecular formula is C104H94BrCl2N. The van der Waals surface area contributed by atoms with Crippen molar-refractivity contribution < 1.29 is 0 Å². The number of aryl methyl sites for hydroxylation is 4. The highest BCUT2D eigenvalue weighted by Crippen LogP contribution is 2.33. The molecule has 9 aromatic rings. The quantitative estimate of drug-likeness (QED) is 0.105. The standard InChI is InChI=1S/C12H9N.4C12H12.C11H9Br.2C11H9Cl.C11H10/c1-13-12-8-6-11(7-9-12)5-4-10-2-3-10;2*1-10-2-4-11(5-3-10)6-7-12-8-9-12;1-10-3-2-4-12(9-10)8-7-11-5-6-11;1-10-4-2-3-5-12(10)9-8-11-6-7-11;2*12-11-7-5-10(6-8-11)4-3-9-1-2-9;12-11-4-2-1-3-10(11)8-7-9-5-6-9;1-2-4-10(5-3-1)6-7-11-8-9-11/h6-10H,2-3H2;2*2-5,12H,8-9H2,1H3;2-4,9,11H,5-6H2,1H3;2-5,11H,6-7H2,1H3;2*5-9H,1-2H2;1-4,9H,5-6H2;1-5,11H,8-9H2. The molecule has 0 amide bonds. The highest BCUT2D eigenvalue weighted by Gasteiger charge is 2.22. The fourth-order valence-electron chi connectivity index (χ4n) is 9.19. The van der Waals surface area contributed by atoms with Crippen LogP contribution in [-0.2, 0) is 0 Å². The number of rotatable bonds is 0. The van der Waals surface area contributed by atoms with Gasteiger partial charge in [0.1, 0.15) is 0 Å². The van der Waals surface area contributed by atoms with Gasteiger partial charge in [0.05, 0.1) is 11.6 Å². The van der Waals surface area contributed by atoms with Gasteiger partial charge in [-0.25, -0.2) is 4.85 Å². The van der Waals surface area contributed by atoms with E-state index in [9.17, 15) is 0 Å². The SMILES string of the molecule is Brc1ccc(C#CC2CC2)cc1.C(#CC1CC1)c1ccccc1.Cc1ccc(C#CC2CC2)cc1.Cc1ccc(C#CC2CC2)cc1.Cc1cccc(C#CC2CC2)c1.Cc1ccccc1C#CC1CC1.Clc1ccc(C#CC2CC2)cc1.Clc1ccccc1C#CC1CC1.[C-]#[N+]c1ccc(C#CC2CC2)cc1. The molecule has 1 nitrogen and oxygen atoms in total. The third-order valence-electron chi connectivity index (χ3n) is 17.6. The zero-order valence-corrected chi connectivity index (χ0v) is 66.0. The molecule has 0 unspecified atom stereocenters. The van der Waals surface area contributed by atoms with Crippen molar-refractivity contribution in [2.75, 3.05) is 0 Å². The molecule has 9 aliphatic rings. The molecule has 0 atom stereocenters. The summed E-state index contributed by atoms with van der Waals surface area (Å²) in [7, 11) is 0. The number of halogens is 3. The molecule has 536 valence electrons. The summed E-state index contributed by atoms with van der Waals surface area (Å²) < 4.78 is 1.11. The largest absolute Gasteiger partial charge is 0.238 e. The summed E-state index contributed by atoms with van der Waals surface area (Å²) in [6.45, 7) is 15.2. The van der Waals surface area contributed by atoms with Crippen LogP contribution in [0.3, 0.4) is 0 Å². The van der Waals surface area contributed by atoms with Crippen LogP contribution in [0.15, 0.2) is 229 Å². The molecule has 9 saturated carbocycles. The van der Waals surface area contributed by atoms with Crippen molar-refractivity contribution in [3.05, 3.63) is 323 Å². The van der Waals surface area contributed by atoms with Gasteiger partial charge in [-0.1, -0.05) is 266 Å². The van der Waals surface area contributed by atoms with Crippen molar-refractivity contribution in [3.8, 4) is 107 Å². The van der Waals surface area contributed by atoms with E-state index in [0.29, 0.717) is 58.9 Å². The molecule has 0 radical (unpaired) electrons. The van der Waals surface area contributed by atoms with E-state index in [4.69, 9.17) is 29.8 Å². The van der Waals surface area contributed by atoms with E-state index in [1.54, 1.807) is 0 Å². The second-order valence-electron chi connectivity index (χ2n) is 28.8. The van der Waals surface area contributed by atoms with Crippen LogP contribution < -0.4 is 0 Å². The fraction of sp³-hybridized carbons (Fsp3) is 0.298. The fourth-order valence-corrected chi connectivity index (χ4v) is 9.76. The van der Waals surface area contributed by atoms with E-state index in [1.165, 1.54) is 143 Å². The van der Waals surface area contributed by atoms with Crippen LogP contribution in [0.4, 0.5) is 5.69 Å². The minimum Gasteiger partial charge on any atom is -0.238 e. The maximum Gasteiger partial charge on any atom is 0.187 e. The first-order valence-corrected chi connectivity index (χ1v) is 40.0. The van der Waals surface area contributed by atoms with Crippen molar-refractivity contribution in [1.82, 2.24) is 0 Å². The molecule has 9 fully saturated rings. The van der Waals surface area contributed by atoms with Crippen molar-refractivity contribution in [2.45, 2.75) is 143 Å². The number of hydrogen-bond acceptors (Lipinski definition) is 0. The van der Waals surface area contributed by atoms with Crippen molar-refractivity contribution >= 4 is 44.8 Å². The lowest BCUT2D eigenvalue weighted by atomic mass is 10.1. The van der Waals surface area contributed by atoms with Crippen LogP contribution in [0, 0.1) is 194 Å². The Hall–Kier alpha value is -10.4. The summed E-state index contributed by atoms with van der Waals surface area (Å²) in [6.07, 6.45) is 23.2. The summed E-state index contributed by atoms with van der Waals surface area (Å²) in [4.78, 5) is 3.32. The molecule has 0 bridgehead atoms. The second kappa shape index (κ2) is 44.0. The van der Waals surface area contributed by atoms with Crippen molar-refractivity contribution in [3.63, 3.8) is 0 Å². The zero-order chi connectivity index (χ0) is 75.3. The van der Waals surface area contributed by atoms with E-state index in [-0.39, 0.29) is 0 Å². The summed E-state index contributed by atoms with van der Waals surface area (Å²) in [6, 6.07) is 74.5.